The second-order valence-electron chi connectivity index (χ2n) is 4.77. The number of aryl methyl sites for hydroxylation is 1. The van der Waals surface area contributed by atoms with Crippen LogP contribution in [0.2, 0.25) is 0 Å². The lowest BCUT2D eigenvalue weighted by atomic mass is 10.1. The predicted octanol–water partition coefficient (Wildman–Crippen LogP) is 1.25. The van der Waals surface area contributed by atoms with Crippen LogP contribution in [0.15, 0.2) is 23.1 Å². The molecule has 0 aliphatic rings. The van der Waals surface area contributed by atoms with E-state index in [1.54, 1.807) is 19.1 Å². The first-order valence-electron chi connectivity index (χ1n) is 6.94. The Morgan fingerprint density at radius 2 is 1.95 bits per heavy atom. The van der Waals surface area contributed by atoms with Gasteiger partial charge < -0.3 is 10.6 Å². The van der Waals surface area contributed by atoms with Gasteiger partial charge in [0.15, 0.2) is 0 Å². The van der Waals surface area contributed by atoms with Gasteiger partial charge in [0.1, 0.15) is 4.99 Å². The summed E-state index contributed by atoms with van der Waals surface area (Å²) in [6.45, 7) is 8.78. The van der Waals surface area contributed by atoms with Crippen molar-refractivity contribution >= 4 is 27.2 Å². The summed E-state index contributed by atoms with van der Waals surface area (Å²) >= 11 is 4.92. The molecule has 3 N–H and O–H groups in total. The highest BCUT2D eigenvalue weighted by Crippen LogP contribution is 2.15. The molecule has 0 aliphatic heterocycles. The van der Waals surface area contributed by atoms with Crippen LogP contribution < -0.4 is 10.5 Å². The van der Waals surface area contributed by atoms with Gasteiger partial charge in [-0.1, -0.05) is 32.1 Å². The first kappa shape index (κ1) is 18.0. The van der Waals surface area contributed by atoms with E-state index in [9.17, 15) is 8.42 Å². The van der Waals surface area contributed by atoms with Crippen molar-refractivity contribution < 1.29 is 8.42 Å². The molecule has 0 aromatic heterocycles. The molecule has 0 radical (unpaired) electrons. The lowest BCUT2D eigenvalue weighted by Gasteiger charge is -2.18. The Hall–Kier alpha value is -1.02. The molecule has 21 heavy (non-hydrogen) atoms. The SMILES string of the molecule is CCN(CC)CCNS(=O)(=O)c1ccc(C(N)=S)c(C)c1. The largest absolute Gasteiger partial charge is 0.389 e. The van der Waals surface area contributed by atoms with Gasteiger partial charge in [-0.3, -0.25) is 0 Å². The third-order valence-corrected chi connectivity index (χ3v) is 5.07. The molecule has 0 saturated carbocycles. The zero-order valence-electron chi connectivity index (χ0n) is 12.7. The number of nitrogens with zero attached hydrogens (tertiary/aromatic N) is 1. The minimum absolute atomic E-state index is 0.236. The fraction of sp³-hybridized carbons (Fsp3) is 0.500. The van der Waals surface area contributed by atoms with Crippen molar-refractivity contribution in [3.8, 4) is 0 Å². The van der Waals surface area contributed by atoms with Crippen LogP contribution in [0.25, 0.3) is 0 Å². The number of benzene rings is 1. The number of likely N-dealkylation sites (N-methyl/N-ethyl adjacent to an activating group) is 1. The van der Waals surface area contributed by atoms with E-state index in [1.165, 1.54) is 6.07 Å². The highest BCUT2D eigenvalue weighted by molar-refractivity contribution is 7.89. The zero-order chi connectivity index (χ0) is 16.0. The number of rotatable bonds is 8. The Bertz CT molecular complexity index is 596. The average Bonchev–Trinajstić information content (AvgIpc) is 2.43. The zero-order valence-corrected chi connectivity index (χ0v) is 14.4. The lowest BCUT2D eigenvalue weighted by Crippen LogP contribution is -2.34. The molecule has 1 aromatic carbocycles. The van der Waals surface area contributed by atoms with E-state index in [1.807, 2.05) is 0 Å². The van der Waals surface area contributed by atoms with Crippen LogP contribution in [0.5, 0.6) is 0 Å². The third-order valence-electron chi connectivity index (χ3n) is 3.39. The normalized spacial score (nSPS) is 11.8. The van der Waals surface area contributed by atoms with Crippen LogP contribution in [0.4, 0.5) is 0 Å². The summed E-state index contributed by atoms with van der Waals surface area (Å²) in [5.74, 6) is 0. The summed E-state index contributed by atoms with van der Waals surface area (Å²) in [6, 6.07) is 4.77. The number of hydrogen-bond acceptors (Lipinski definition) is 4. The van der Waals surface area contributed by atoms with Crippen LogP contribution in [-0.2, 0) is 10.0 Å². The minimum Gasteiger partial charge on any atom is -0.389 e. The van der Waals surface area contributed by atoms with Crippen LogP contribution in [0, 0.1) is 6.92 Å². The number of thiocarbonyl (C=S) groups is 1. The number of hydrogen-bond donors (Lipinski definition) is 2. The van der Waals surface area contributed by atoms with Gasteiger partial charge in [-0.25, -0.2) is 13.1 Å². The number of nitrogens with one attached hydrogen (secondary N) is 1. The Labute approximate surface area is 132 Å². The molecule has 0 heterocycles. The molecule has 1 aromatic rings. The second kappa shape index (κ2) is 7.84. The van der Waals surface area contributed by atoms with Crippen molar-refractivity contribution in [2.75, 3.05) is 26.2 Å². The maximum atomic E-state index is 12.2. The van der Waals surface area contributed by atoms with Crippen LogP contribution in [-0.4, -0.2) is 44.5 Å². The Kier molecular flexibility index (Phi) is 6.73. The molecular formula is C14H23N3O2S2. The summed E-state index contributed by atoms with van der Waals surface area (Å²) in [5, 5.41) is 0. The molecule has 5 nitrogen and oxygen atoms in total. The van der Waals surface area contributed by atoms with Crippen molar-refractivity contribution in [1.82, 2.24) is 9.62 Å². The fourth-order valence-electron chi connectivity index (χ4n) is 2.04. The van der Waals surface area contributed by atoms with Gasteiger partial charge in [0.25, 0.3) is 0 Å². The van der Waals surface area contributed by atoms with Gasteiger partial charge in [0.2, 0.25) is 10.0 Å². The maximum absolute atomic E-state index is 12.2. The smallest absolute Gasteiger partial charge is 0.240 e. The second-order valence-corrected chi connectivity index (χ2v) is 6.97. The monoisotopic (exact) mass is 329 g/mol. The standard InChI is InChI=1S/C14H23N3O2S2/c1-4-17(5-2)9-8-16-21(18,19)12-6-7-13(14(15)20)11(3)10-12/h6-7,10,16H,4-5,8-9H2,1-3H3,(H2,15,20). The summed E-state index contributed by atoms with van der Waals surface area (Å²) in [5.41, 5.74) is 7.04. The van der Waals surface area contributed by atoms with Crippen molar-refractivity contribution in [3.05, 3.63) is 29.3 Å². The summed E-state index contributed by atoms with van der Waals surface area (Å²) in [6.07, 6.45) is 0. The van der Waals surface area contributed by atoms with E-state index < -0.39 is 10.0 Å². The van der Waals surface area contributed by atoms with Crippen molar-refractivity contribution in [3.63, 3.8) is 0 Å². The quantitative estimate of drug-likeness (QED) is 0.702. The molecule has 118 valence electrons. The summed E-state index contributed by atoms with van der Waals surface area (Å²) in [7, 11) is -3.50. The van der Waals surface area contributed by atoms with E-state index in [-0.39, 0.29) is 9.88 Å². The molecule has 7 heteroatoms. The molecule has 0 unspecified atom stereocenters. The molecule has 0 fully saturated rings. The fourth-order valence-corrected chi connectivity index (χ4v) is 3.38. The van der Waals surface area contributed by atoms with Gasteiger partial charge >= 0.3 is 0 Å². The third kappa shape index (κ3) is 5.03. The van der Waals surface area contributed by atoms with Crippen LogP contribution in [0.3, 0.4) is 0 Å². The Morgan fingerprint density at radius 3 is 2.43 bits per heavy atom. The van der Waals surface area contributed by atoms with Gasteiger partial charge in [-0.2, -0.15) is 0 Å². The molecule has 1 rings (SSSR count). The van der Waals surface area contributed by atoms with Crippen LogP contribution in [0.1, 0.15) is 25.0 Å². The minimum atomic E-state index is -3.50. The first-order chi connectivity index (χ1) is 9.81. The van der Waals surface area contributed by atoms with Gasteiger partial charge in [-0.15, -0.1) is 0 Å². The Morgan fingerprint density at radius 1 is 1.33 bits per heavy atom. The average molecular weight is 329 g/mol. The van der Waals surface area contributed by atoms with Gasteiger partial charge in [0, 0.05) is 18.7 Å². The lowest BCUT2D eigenvalue weighted by molar-refractivity contribution is 0.309. The molecule has 0 spiro atoms. The highest BCUT2D eigenvalue weighted by Gasteiger charge is 2.15. The highest BCUT2D eigenvalue weighted by atomic mass is 32.2. The topological polar surface area (TPSA) is 75.4 Å². The van der Waals surface area contributed by atoms with Crippen molar-refractivity contribution in [1.29, 1.82) is 0 Å². The van der Waals surface area contributed by atoms with E-state index >= 15 is 0 Å². The first-order valence-corrected chi connectivity index (χ1v) is 8.83. The molecule has 0 atom stereocenters. The molecule has 0 aliphatic carbocycles. The van der Waals surface area contributed by atoms with Gasteiger partial charge in [0.05, 0.1) is 4.90 Å². The van der Waals surface area contributed by atoms with Crippen molar-refractivity contribution in [2.24, 2.45) is 5.73 Å². The summed E-state index contributed by atoms with van der Waals surface area (Å²) in [4.78, 5) is 2.66. The summed E-state index contributed by atoms with van der Waals surface area (Å²) < 4.78 is 27.1. The predicted molar refractivity (Wildman–Crippen MR) is 90.0 cm³/mol. The molecule has 0 saturated heterocycles. The maximum Gasteiger partial charge on any atom is 0.240 e. The molecule has 0 bridgehead atoms. The molecule has 0 amide bonds. The van der Waals surface area contributed by atoms with Crippen LogP contribution >= 0.6 is 12.2 Å². The van der Waals surface area contributed by atoms with Crippen molar-refractivity contribution in [2.45, 2.75) is 25.7 Å². The van der Waals surface area contributed by atoms with E-state index in [0.29, 0.717) is 18.7 Å². The number of sulfonamides is 1. The number of nitrogens with two attached hydrogens (primary N) is 1. The van der Waals surface area contributed by atoms with E-state index in [2.05, 4.69) is 23.5 Å². The van der Waals surface area contributed by atoms with E-state index in [4.69, 9.17) is 18.0 Å². The van der Waals surface area contributed by atoms with E-state index in [0.717, 1.165) is 18.7 Å². The van der Waals surface area contributed by atoms with Gasteiger partial charge in [-0.05, 0) is 37.7 Å². The molecular weight excluding hydrogens is 306 g/mol. The Balaban J connectivity index is 2.79.